The quantitative estimate of drug-likeness (QED) is 0.792. The van der Waals surface area contributed by atoms with Gasteiger partial charge in [0.15, 0.2) is 0 Å². The molecule has 1 aromatic rings. The molecule has 18 heavy (non-hydrogen) atoms. The summed E-state index contributed by atoms with van der Waals surface area (Å²) in [5.74, 6) is 0. The molecule has 2 atom stereocenters. The van der Waals surface area contributed by atoms with Gasteiger partial charge in [0, 0.05) is 7.11 Å². The Morgan fingerprint density at radius 3 is 2.56 bits per heavy atom. The van der Waals surface area contributed by atoms with E-state index in [2.05, 4.69) is 57.3 Å². The number of ether oxygens (including phenoxy) is 1. The van der Waals surface area contributed by atoms with Crippen LogP contribution in [0.15, 0.2) is 24.3 Å². The Hall–Kier alpha value is -0.860. The number of nitrogens with one attached hydrogen (secondary N) is 1. The predicted octanol–water partition coefficient (Wildman–Crippen LogP) is 3.85. The first-order valence-corrected chi connectivity index (χ1v) is 6.92. The van der Waals surface area contributed by atoms with Crippen molar-refractivity contribution >= 4 is 0 Å². The first kappa shape index (κ1) is 15.2. The zero-order valence-corrected chi connectivity index (χ0v) is 12.4. The van der Waals surface area contributed by atoms with Crippen LogP contribution in [0, 0.1) is 6.92 Å². The van der Waals surface area contributed by atoms with Crippen LogP contribution in [-0.4, -0.2) is 19.3 Å². The molecule has 0 aliphatic rings. The largest absolute Gasteiger partial charge is 0.377 e. The molecule has 2 unspecified atom stereocenters. The van der Waals surface area contributed by atoms with Gasteiger partial charge in [-0.25, -0.2) is 0 Å². The van der Waals surface area contributed by atoms with Gasteiger partial charge in [0.2, 0.25) is 0 Å². The summed E-state index contributed by atoms with van der Waals surface area (Å²) in [6.45, 7) is 9.70. The van der Waals surface area contributed by atoms with Crippen LogP contribution in [0.3, 0.4) is 0 Å². The van der Waals surface area contributed by atoms with Gasteiger partial charge in [-0.15, -0.1) is 0 Å². The van der Waals surface area contributed by atoms with Crippen LogP contribution in [-0.2, 0) is 4.74 Å². The number of methoxy groups -OCH3 is 1. The minimum absolute atomic E-state index is 0.164. The van der Waals surface area contributed by atoms with Crippen molar-refractivity contribution in [2.45, 2.75) is 52.2 Å². The zero-order chi connectivity index (χ0) is 13.6. The van der Waals surface area contributed by atoms with Gasteiger partial charge in [0.05, 0.1) is 11.6 Å². The molecule has 2 heteroatoms. The van der Waals surface area contributed by atoms with Crippen LogP contribution in [0.1, 0.15) is 50.8 Å². The Labute approximate surface area is 112 Å². The number of rotatable bonds is 7. The summed E-state index contributed by atoms with van der Waals surface area (Å²) >= 11 is 0. The van der Waals surface area contributed by atoms with E-state index in [4.69, 9.17) is 4.74 Å². The van der Waals surface area contributed by atoms with E-state index >= 15 is 0 Å². The first-order chi connectivity index (χ1) is 8.57. The smallest absolute Gasteiger partial charge is 0.0841 e. The molecule has 1 rings (SSSR count). The van der Waals surface area contributed by atoms with E-state index < -0.39 is 0 Å². The van der Waals surface area contributed by atoms with E-state index in [1.54, 1.807) is 7.11 Å². The summed E-state index contributed by atoms with van der Waals surface area (Å²) in [5, 5.41) is 3.63. The molecule has 0 aliphatic heterocycles. The maximum absolute atomic E-state index is 5.78. The van der Waals surface area contributed by atoms with Crippen LogP contribution in [0.25, 0.3) is 0 Å². The second-order valence-electron chi connectivity index (χ2n) is 5.17. The fourth-order valence-corrected chi connectivity index (χ4v) is 2.29. The van der Waals surface area contributed by atoms with Crippen molar-refractivity contribution in [2.75, 3.05) is 13.7 Å². The SMILES string of the molecule is CCCNC(c1cccc(C)c1)C(C)(CC)OC. The van der Waals surface area contributed by atoms with E-state index in [0.29, 0.717) is 0 Å². The monoisotopic (exact) mass is 249 g/mol. The lowest BCUT2D eigenvalue weighted by molar-refractivity contribution is -0.0299. The summed E-state index contributed by atoms with van der Waals surface area (Å²) in [6.07, 6.45) is 2.12. The van der Waals surface area contributed by atoms with Crippen molar-refractivity contribution in [3.63, 3.8) is 0 Å². The minimum atomic E-state index is -0.164. The van der Waals surface area contributed by atoms with E-state index in [1.165, 1.54) is 11.1 Å². The Balaban J connectivity index is 3.04. The maximum Gasteiger partial charge on any atom is 0.0841 e. The Kier molecular flexibility index (Phi) is 5.83. The molecule has 0 aliphatic carbocycles. The lowest BCUT2D eigenvalue weighted by Gasteiger charge is -2.37. The fourth-order valence-electron chi connectivity index (χ4n) is 2.29. The van der Waals surface area contributed by atoms with Crippen molar-refractivity contribution in [3.8, 4) is 0 Å². The second kappa shape index (κ2) is 6.91. The molecular formula is C16H27NO. The van der Waals surface area contributed by atoms with Crippen LogP contribution in [0.5, 0.6) is 0 Å². The molecule has 0 heterocycles. The highest BCUT2D eigenvalue weighted by molar-refractivity contribution is 5.27. The number of hydrogen-bond donors (Lipinski definition) is 1. The van der Waals surface area contributed by atoms with Crippen molar-refractivity contribution in [2.24, 2.45) is 0 Å². The Bertz CT molecular complexity index is 358. The van der Waals surface area contributed by atoms with Gasteiger partial charge in [-0.3, -0.25) is 0 Å². The molecule has 0 amide bonds. The third kappa shape index (κ3) is 3.56. The van der Waals surface area contributed by atoms with E-state index in [1.807, 2.05) is 0 Å². The summed E-state index contributed by atoms with van der Waals surface area (Å²) in [4.78, 5) is 0. The number of benzene rings is 1. The highest BCUT2D eigenvalue weighted by Crippen LogP contribution is 2.32. The molecule has 0 saturated carbocycles. The third-order valence-corrected chi connectivity index (χ3v) is 3.75. The van der Waals surface area contributed by atoms with Crippen molar-refractivity contribution < 1.29 is 4.74 Å². The summed E-state index contributed by atoms with van der Waals surface area (Å²) in [7, 11) is 1.81. The Morgan fingerprint density at radius 1 is 1.33 bits per heavy atom. The molecule has 1 N–H and O–H groups in total. The molecule has 0 fully saturated rings. The van der Waals surface area contributed by atoms with Crippen molar-refractivity contribution in [3.05, 3.63) is 35.4 Å². The van der Waals surface area contributed by atoms with Gasteiger partial charge in [0.25, 0.3) is 0 Å². The van der Waals surface area contributed by atoms with E-state index in [0.717, 1.165) is 19.4 Å². The Morgan fingerprint density at radius 2 is 2.06 bits per heavy atom. The van der Waals surface area contributed by atoms with Gasteiger partial charge in [0.1, 0.15) is 0 Å². The number of hydrogen-bond acceptors (Lipinski definition) is 2. The molecular weight excluding hydrogens is 222 g/mol. The van der Waals surface area contributed by atoms with Gasteiger partial charge in [-0.1, -0.05) is 43.7 Å². The molecule has 1 aromatic carbocycles. The van der Waals surface area contributed by atoms with Crippen LogP contribution in [0.2, 0.25) is 0 Å². The van der Waals surface area contributed by atoms with Gasteiger partial charge < -0.3 is 10.1 Å². The fraction of sp³-hybridized carbons (Fsp3) is 0.625. The molecule has 2 nitrogen and oxygen atoms in total. The number of aryl methyl sites for hydroxylation is 1. The second-order valence-corrected chi connectivity index (χ2v) is 5.17. The van der Waals surface area contributed by atoms with Gasteiger partial charge in [-0.05, 0) is 38.8 Å². The topological polar surface area (TPSA) is 21.3 Å². The first-order valence-electron chi connectivity index (χ1n) is 6.92. The average molecular weight is 249 g/mol. The van der Waals surface area contributed by atoms with Crippen LogP contribution in [0.4, 0.5) is 0 Å². The standard InChI is InChI=1S/C16H27NO/c1-6-11-17-15(16(4,7-2)18-5)14-10-8-9-13(3)12-14/h8-10,12,15,17H,6-7,11H2,1-5H3. The van der Waals surface area contributed by atoms with Crippen LogP contribution < -0.4 is 5.32 Å². The normalized spacial score (nSPS) is 16.3. The lowest BCUT2D eigenvalue weighted by atomic mass is 9.87. The van der Waals surface area contributed by atoms with Crippen molar-refractivity contribution in [1.29, 1.82) is 0 Å². The summed E-state index contributed by atoms with van der Waals surface area (Å²) < 4.78 is 5.78. The molecule has 102 valence electrons. The van der Waals surface area contributed by atoms with E-state index in [9.17, 15) is 0 Å². The summed E-state index contributed by atoms with van der Waals surface area (Å²) in [5.41, 5.74) is 2.45. The van der Waals surface area contributed by atoms with E-state index in [-0.39, 0.29) is 11.6 Å². The highest BCUT2D eigenvalue weighted by Gasteiger charge is 2.33. The molecule has 0 spiro atoms. The lowest BCUT2D eigenvalue weighted by Crippen LogP contribution is -2.43. The minimum Gasteiger partial charge on any atom is -0.377 e. The van der Waals surface area contributed by atoms with Gasteiger partial charge >= 0.3 is 0 Å². The van der Waals surface area contributed by atoms with Crippen LogP contribution >= 0.6 is 0 Å². The highest BCUT2D eigenvalue weighted by atomic mass is 16.5. The zero-order valence-electron chi connectivity index (χ0n) is 12.4. The third-order valence-electron chi connectivity index (χ3n) is 3.75. The average Bonchev–Trinajstić information content (AvgIpc) is 2.39. The molecule has 0 saturated heterocycles. The predicted molar refractivity (Wildman–Crippen MR) is 77.9 cm³/mol. The summed E-state index contributed by atoms with van der Waals surface area (Å²) in [6, 6.07) is 8.94. The molecule has 0 aromatic heterocycles. The molecule has 0 radical (unpaired) electrons. The van der Waals surface area contributed by atoms with Gasteiger partial charge in [-0.2, -0.15) is 0 Å². The molecule has 0 bridgehead atoms. The maximum atomic E-state index is 5.78. The van der Waals surface area contributed by atoms with Crippen molar-refractivity contribution in [1.82, 2.24) is 5.32 Å².